The summed E-state index contributed by atoms with van der Waals surface area (Å²) in [6.45, 7) is 6.38. The van der Waals surface area contributed by atoms with Gasteiger partial charge in [-0.25, -0.2) is 0 Å². The minimum atomic E-state index is 0.351. The summed E-state index contributed by atoms with van der Waals surface area (Å²) in [5.41, 5.74) is 4.94. The minimum absolute atomic E-state index is 0.351. The summed E-state index contributed by atoms with van der Waals surface area (Å²) in [5, 5.41) is 0. The van der Waals surface area contributed by atoms with Crippen LogP contribution in [0.3, 0.4) is 0 Å². The van der Waals surface area contributed by atoms with Gasteiger partial charge in [-0.1, -0.05) is 31.2 Å². The Bertz CT molecular complexity index is 549. The lowest BCUT2D eigenvalue weighted by Crippen LogP contribution is -1.99. The molecule has 0 aliphatic heterocycles. The van der Waals surface area contributed by atoms with E-state index in [0.717, 1.165) is 11.5 Å². The summed E-state index contributed by atoms with van der Waals surface area (Å²) >= 11 is 0. The van der Waals surface area contributed by atoms with Crippen molar-refractivity contribution in [1.29, 1.82) is 0 Å². The Hall–Kier alpha value is -1.96. The number of methoxy groups -OCH3 is 2. The average Bonchev–Trinajstić information content (AvgIpc) is 2.46. The molecule has 0 fully saturated rings. The Morgan fingerprint density at radius 2 is 1.15 bits per heavy atom. The molecule has 0 N–H and O–H groups in total. The molecule has 0 aliphatic carbocycles. The summed E-state index contributed by atoms with van der Waals surface area (Å²) in [6.07, 6.45) is 0. The van der Waals surface area contributed by atoms with Gasteiger partial charge in [-0.3, -0.25) is 0 Å². The van der Waals surface area contributed by atoms with Crippen LogP contribution in [0.1, 0.15) is 35.1 Å². The average molecular weight is 270 g/mol. The third-order valence-corrected chi connectivity index (χ3v) is 3.84. The molecule has 20 heavy (non-hydrogen) atoms. The van der Waals surface area contributed by atoms with E-state index in [4.69, 9.17) is 9.47 Å². The Balaban J connectivity index is 2.33. The minimum Gasteiger partial charge on any atom is -0.496 e. The van der Waals surface area contributed by atoms with Crippen molar-refractivity contribution in [2.24, 2.45) is 0 Å². The van der Waals surface area contributed by atoms with E-state index in [2.05, 4.69) is 45.0 Å². The summed E-state index contributed by atoms with van der Waals surface area (Å²) in [6, 6.07) is 12.7. The Morgan fingerprint density at radius 3 is 1.45 bits per heavy atom. The lowest BCUT2D eigenvalue weighted by atomic mass is 9.91. The van der Waals surface area contributed by atoms with Crippen molar-refractivity contribution in [3.8, 4) is 11.5 Å². The predicted octanol–water partition coefficient (Wildman–Crippen LogP) is 4.47. The second-order valence-corrected chi connectivity index (χ2v) is 5.18. The predicted molar refractivity (Wildman–Crippen MR) is 83.0 cm³/mol. The van der Waals surface area contributed by atoms with Crippen LogP contribution in [0.2, 0.25) is 0 Å². The molecule has 0 aliphatic rings. The molecule has 0 bridgehead atoms. The lowest BCUT2D eigenvalue weighted by Gasteiger charge is -2.16. The van der Waals surface area contributed by atoms with E-state index in [1.807, 2.05) is 12.1 Å². The van der Waals surface area contributed by atoms with Crippen LogP contribution in [0.25, 0.3) is 0 Å². The molecule has 106 valence electrons. The molecular weight excluding hydrogens is 248 g/mol. The largest absolute Gasteiger partial charge is 0.496 e. The number of ether oxygens (including phenoxy) is 2. The maximum atomic E-state index is 5.32. The smallest absolute Gasteiger partial charge is 0.121 e. The van der Waals surface area contributed by atoms with Crippen molar-refractivity contribution < 1.29 is 9.47 Å². The summed E-state index contributed by atoms with van der Waals surface area (Å²) in [4.78, 5) is 0. The van der Waals surface area contributed by atoms with Crippen molar-refractivity contribution in [3.05, 3.63) is 58.7 Å². The fourth-order valence-corrected chi connectivity index (χ4v) is 2.53. The second kappa shape index (κ2) is 6.00. The zero-order valence-electron chi connectivity index (χ0n) is 12.9. The number of rotatable bonds is 4. The van der Waals surface area contributed by atoms with Gasteiger partial charge in [0.2, 0.25) is 0 Å². The third kappa shape index (κ3) is 2.79. The Kier molecular flexibility index (Phi) is 4.33. The van der Waals surface area contributed by atoms with Gasteiger partial charge in [0, 0.05) is 5.92 Å². The molecule has 0 unspecified atom stereocenters. The van der Waals surface area contributed by atoms with E-state index in [0.29, 0.717) is 5.92 Å². The van der Waals surface area contributed by atoms with Gasteiger partial charge in [0.15, 0.2) is 0 Å². The van der Waals surface area contributed by atoms with Gasteiger partial charge >= 0.3 is 0 Å². The molecule has 2 aromatic carbocycles. The van der Waals surface area contributed by atoms with Crippen LogP contribution in [0, 0.1) is 13.8 Å². The van der Waals surface area contributed by atoms with Gasteiger partial charge in [-0.2, -0.15) is 0 Å². The molecule has 0 saturated heterocycles. The van der Waals surface area contributed by atoms with E-state index in [-0.39, 0.29) is 0 Å². The van der Waals surface area contributed by atoms with Gasteiger partial charge in [0.1, 0.15) is 11.5 Å². The van der Waals surface area contributed by atoms with Crippen molar-refractivity contribution in [2.75, 3.05) is 14.2 Å². The number of benzene rings is 2. The highest BCUT2D eigenvalue weighted by molar-refractivity contribution is 5.43. The quantitative estimate of drug-likeness (QED) is 0.816. The first-order chi connectivity index (χ1) is 9.56. The molecule has 0 radical (unpaired) electrons. The zero-order valence-corrected chi connectivity index (χ0v) is 12.9. The molecular formula is C18H22O2. The van der Waals surface area contributed by atoms with Crippen molar-refractivity contribution in [1.82, 2.24) is 0 Å². The fraction of sp³-hybridized carbons (Fsp3) is 0.333. The van der Waals surface area contributed by atoms with Gasteiger partial charge in [-0.15, -0.1) is 0 Å². The molecule has 0 amide bonds. The van der Waals surface area contributed by atoms with Crippen LogP contribution in [-0.4, -0.2) is 14.2 Å². The van der Waals surface area contributed by atoms with Crippen LogP contribution in [0.4, 0.5) is 0 Å². The standard InChI is InChI=1S/C18H22O2/c1-12-10-15(6-8-17(12)19-4)14(3)16-7-9-18(20-5)13(2)11-16/h6-11,14H,1-5H3. The molecule has 0 heterocycles. The molecule has 2 rings (SSSR count). The molecule has 0 atom stereocenters. The van der Waals surface area contributed by atoms with Crippen molar-refractivity contribution in [3.63, 3.8) is 0 Å². The monoisotopic (exact) mass is 270 g/mol. The fourth-order valence-electron chi connectivity index (χ4n) is 2.53. The third-order valence-electron chi connectivity index (χ3n) is 3.84. The number of hydrogen-bond acceptors (Lipinski definition) is 2. The number of hydrogen-bond donors (Lipinski definition) is 0. The van der Waals surface area contributed by atoms with Crippen LogP contribution in [0.15, 0.2) is 36.4 Å². The summed E-state index contributed by atoms with van der Waals surface area (Å²) < 4.78 is 10.6. The Morgan fingerprint density at radius 1 is 0.750 bits per heavy atom. The van der Waals surface area contributed by atoms with Gasteiger partial charge in [-0.05, 0) is 48.2 Å². The van der Waals surface area contributed by atoms with E-state index >= 15 is 0 Å². The number of aryl methyl sites for hydroxylation is 2. The highest BCUT2D eigenvalue weighted by Gasteiger charge is 2.11. The first-order valence-corrected chi connectivity index (χ1v) is 6.86. The maximum Gasteiger partial charge on any atom is 0.121 e. The topological polar surface area (TPSA) is 18.5 Å². The molecule has 2 heteroatoms. The molecule has 2 aromatic rings. The van der Waals surface area contributed by atoms with Gasteiger partial charge in [0.25, 0.3) is 0 Å². The highest BCUT2D eigenvalue weighted by atomic mass is 16.5. The SMILES string of the molecule is COc1ccc(C(C)c2ccc(OC)c(C)c2)cc1C. The molecule has 2 nitrogen and oxygen atoms in total. The van der Waals surface area contributed by atoms with Crippen molar-refractivity contribution in [2.45, 2.75) is 26.7 Å². The first-order valence-electron chi connectivity index (χ1n) is 6.86. The van der Waals surface area contributed by atoms with Crippen LogP contribution in [0.5, 0.6) is 11.5 Å². The van der Waals surface area contributed by atoms with E-state index in [1.54, 1.807) is 14.2 Å². The van der Waals surface area contributed by atoms with Crippen LogP contribution >= 0.6 is 0 Å². The maximum absolute atomic E-state index is 5.32. The zero-order chi connectivity index (χ0) is 14.7. The van der Waals surface area contributed by atoms with E-state index in [9.17, 15) is 0 Å². The summed E-state index contributed by atoms with van der Waals surface area (Å²) in [5.74, 6) is 2.22. The molecule has 0 saturated carbocycles. The summed E-state index contributed by atoms with van der Waals surface area (Å²) in [7, 11) is 3.41. The van der Waals surface area contributed by atoms with Gasteiger partial charge in [0.05, 0.1) is 14.2 Å². The highest BCUT2D eigenvalue weighted by Crippen LogP contribution is 2.30. The van der Waals surface area contributed by atoms with Gasteiger partial charge < -0.3 is 9.47 Å². The van der Waals surface area contributed by atoms with E-state index < -0.39 is 0 Å². The Labute approximate surface area is 121 Å². The molecule has 0 spiro atoms. The second-order valence-electron chi connectivity index (χ2n) is 5.18. The van der Waals surface area contributed by atoms with Crippen molar-refractivity contribution >= 4 is 0 Å². The van der Waals surface area contributed by atoms with Crippen LogP contribution in [-0.2, 0) is 0 Å². The first kappa shape index (κ1) is 14.4. The normalized spacial score (nSPS) is 10.7. The van der Waals surface area contributed by atoms with Crippen LogP contribution < -0.4 is 9.47 Å². The van der Waals surface area contributed by atoms with E-state index in [1.165, 1.54) is 22.3 Å². The lowest BCUT2D eigenvalue weighted by molar-refractivity contribution is 0.411. The molecule has 0 aromatic heterocycles.